The molecule has 1 atom stereocenters. The van der Waals surface area contributed by atoms with Crippen LogP contribution < -0.4 is 10.6 Å². The molecule has 2 N–H and O–H groups in total. The molecule has 0 bridgehead atoms. The molecule has 0 saturated carbocycles. The largest absolute Gasteiger partial charge is 0.305 e. The lowest BCUT2D eigenvalue weighted by Gasteiger charge is -2.13. The minimum atomic E-state index is 0.478. The molecule has 0 aliphatic carbocycles. The van der Waals surface area contributed by atoms with E-state index in [9.17, 15) is 0 Å². The molecule has 0 heterocycles. The summed E-state index contributed by atoms with van der Waals surface area (Å²) in [6, 6.07) is 0.478. The van der Waals surface area contributed by atoms with E-state index in [-0.39, 0.29) is 0 Å². The third-order valence-electron chi connectivity index (χ3n) is 1.52. The van der Waals surface area contributed by atoms with Crippen LogP contribution in [0.3, 0.4) is 0 Å². The maximum atomic E-state index is 3.91. The zero-order valence-electron chi connectivity index (χ0n) is 7.20. The standard InChI is InChI=1S/C7H18N2Si/c1-4-8-5-9-6(2)7(3)10/h6,8-9H,3-5H2,1-2,10H3. The van der Waals surface area contributed by atoms with Crippen molar-refractivity contribution >= 4 is 10.2 Å². The Hall–Kier alpha value is -0.123. The highest BCUT2D eigenvalue weighted by Gasteiger charge is 1.97. The van der Waals surface area contributed by atoms with Crippen molar-refractivity contribution in [3.8, 4) is 0 Å². The second kappa shape index (κ2) is 5.65. The molecule has 2 nitrogen and oxygen atoms in total. The third-order valence-corrected chi connectivity index (χ3v) is 2.39. The highest BCUT2D eigenvalue weighted by molar-refractivity contribution is 6.21. The SMILES string of the molecule is C=C([SiH3])C(C)NCNCC. The van der Waals surface area contributed by atoms with E-state index in [2.05, 4.69) is 31.1 Å². The first-order chi connectivity index (χ1) is 4.68. The van der Waals surface area contributed by atoms with Crippen LogP contribution in [0.4, 0.5) is 0 Å². The number of hydrogen-bond donors (Lipinski definition) is 2. The summed E-state index contributed by atoms with van der Waals surface area (Å²) in [5.41, 5.74) is 0. The summed E-state index contributed by atoms with van der Waals surface area (Å²) >= 11 is 0. The molecule has 10 heavy (non-hydrogen) atoms. The van der Waals surface area contributed by atoms with Crippen LogP contribution in [-0.4, -0.2) is 29.5 Å². The van der Waals surface area contributed by atoms with Crippen molar-refractivity contribution < 1.29 is 0 Å². The zero-order chi connectivity index (χ0) is 7.98. The van der Waals surface area contributed by atoms with Gasteiger partial charge in [0.25, 0.3) is 0 Å². The van der Waals surface area contributed by atoms with Crippen LogP contribution in [0.5, 0.6) is 0 Å². The summed E-state index contributed by atoms with van der Waals surface area (Å²) in [5.74, 6) is 0. The van der Waals surface area contributed by atoms with E-state index in [0.29, 0.717) is 6.04 Å². The molecule has 0 aromatic carbocycles. The van der Waals surface area contributed by atoms with Gasteiger partial charge in [0.05, 0.1) is 0 Å². The van der Waals surface area contributed by atoms with Gasteiger partial charge in [-0.1, -0.05) is 12.1 Å². The Balaban J connectivity index is 3.21. The van der Waals surface area contributed by atoms with Crippen LogP contribution in [0.15, 0.2) is 11.8 Å². The molecule has 0 radical (unpaired) electrons. The van der Waals surface area contributed by atoms with E-state index in [0.717, 1.165) is 23.5 Å². The normalized spacial score (nSPS) is 13.4. The van der Waals surface area contributed by atoms with Crippen molar-refractivity contribution in [3.05, 3.63) is 11.8 Å². The number of hydrogen-bond acceptors (Lipinski definition) is 2. The molecule has 3 heteroatoms. The Morgan fingerprint density at radius 2 is 2.30 bits per heavy atom. The van der Waals surface area contributed by atoms with E-state index >= 15 is 0 Å². The summed E-state index contributed by atoms with van der Waals surface area (Å²) in [6.07, 6.45) is 0. The van der Waals surface area contributed by atoms with E-state index in [4.69, 9.17) is 0 Å². The van der Waals surface area contributed by atoms with Gasteiger partial charge in [0.2, 0.25) is 0 Å². The smallest absolute Gasteiger partial charge is 0.0458 e. The summed E-state index contributed by atoms with van der Waals surface area (Å²) in [6.45, 7) is 10.1. The summed E-state index contributed by atoms with van der Waals surface area (Å²) in [5, 5.41) is 7.82. The maximum Gasteiger partial charge on any atom is 0.0458 e. The number of rotatable bonds is 5. The molecule has 0 aromatic heterocycles. The van der Waals surface area contributed by atoms with Gasteiger partial charge in [-0.15, -0.1) is 6.58 Å². The fraction of sp³-hybridized carbons (Fsp3) is 0.714. The van der Waals surface area contributed by atoms with E-state index < -0.39 is 0 Å². The summed E-state index contributed by atoms with van der Waals surface area (Å²) in [4.78, 5) is 0. The maximum absolute atomic E-state index is 3.91. The Kier molecular flexibility index (Phi) is 5.58. The highest BCUT2D eigenvalue weighted by Crippen LogP contribution is 1.89. The van der Waals surface area contributed by atoms with Gasteiger partial charge in [-0.05, 0) is 13.5 Å². The van der Waals surface area contributed by atoms with E-state index in [1.807, 2.05) is 0 Å². The van der Waals surface area contributed by atoms with Gasteiger partial charge in [-0.2, -0.15) is 0 Å². The van der Waals surface area contributed by atoms with Gasteiger partial charge >= 0.3 is 0 Å². The monoisotopic (exact) mass is 158 g/mol. The van der Waals surface area contributed by atoms with Crippen molar-refractivity contribution in [2.24, 2.45) is 0 Å². The van der Waals surface area contributed by atoms with Crippen LogP contribution in [0.25, 0.3) is 0 Å². The molecule has 1 unspecified atom stereocenters. The molecular weight excluding hydrogens is 140 g/mol. The van der Waals surface area contributed by atoms with Crippen LogP contribution in [0.2, 0.25) is 0 Å². The minimum Gasteiger partial charge on any atom is -0.305 e. The van der Waals surface area contributed by atoms with Crippen molar-refractivity contribution in [2.75, 3.05) is 13.2 Å². The van der Waals surface area contributed by atoms with Gasteiger partial charge in [0.15, 0.2) is 0 Å². The first-order valence-electron chi connectivity index (χ1n) is 3.78. The lowest BCUT2D eigenvalue weighted by molar-refractivity contribution is 0.561. The Morgan fingerprint density at radius 3 is 2.70 bits per heavy atom. The lowest BCUT2D eigenvalue weighted by Crippen LogP contribution is -2.36. The average Bonchev–Trinajstić information content (AvgIpc) is 1.88. The number of nitrogens with one attached hydrogen (secondary N) is 2. The first-order valence-corrected chi connectivity index (χ1v) is 4.78. The predicted octanol–water partition coefficient (Wildman–Crippen LogP) is -0.589. The summed E-state index contributed by atoms with van der Waals surface area (Å²) in [7, 11) is 1.09. The lowest BCUT2D eigenvalue weighted by atomic mass is 10.3. The second-order valence-electron chi connectivity index (χ2n) is 2.55. The van der Waals surface area contributed by atoms with E-state index in [1.165, 1.54) is 5.20 Å². The highest BCUT2D eigenvalue weighted by atomic mass is 28.1. The molecule has 0 rings (SSSR count). The van der Waals surface area contributed by atoms with Crippen molar-refractivity contribution in [3.63, 3.8) is 0 Å². The van der Waals surface area contributed by atoms with Crippen LogP contribution in [0, 0.1) is 0 Å². The van der Waals surface area contributed by atoms with Crippen molar-refractivity contribution in [2.45, 2.75) is 19.9 Å². The molecule has 0 aromatic rings. The molecule has 0 amide bonds. The third kappa shape index (κ3) is 4.73. The molecule has 0 saturated heterocycles. The summed E-state index contributed by atoms with van der Waals surface area (Å²) < 4.78 is 0. The fourth-order valence-electron chi connectivity index (χ4n) is 0.524. The van der Waals surface area contributed by atoms with Crippen LogP contribution in [0.1, 0.15) is 13.8 Å². The molecule has 0 spiro atoms. The average molecular weight is 158 g/mol. The topological polar surface area (TPSA) is 24.1 Å². The van der Waals surface area contributed by atoms with Gasteiger partial charge in [-0.3, -0.25) is 5.32 Å². The molecule has 0 aliphatic rings. The Labute approximate surface area is 66.5 Å². The predicted molar refractivity (Wildman–Crippen MR) is 50.2 cm³/mol. The Bertz CT molecular complexity index is 104. The van der Waals surface area contributed by atoms with Crippen LogP contribution in [-0.2, 0) is 0 Å². The van der Waals surface area contributed by atoms with Crippen molar-refractivity contribution in [1.29, 1.82) is 0 Å². The fourth-order valence-corrected chi connectivity index (χ4v) is 0.729. The van der Waals surface area contributed by atoms with Gasteiger partial charge in [-0.25, -0.2) is 0 Å². The van der Waals surface area contributed by atoms with Crippen molar-refractivity contribution in [1.82, 2.24) is 10.6 Å². The first kappa shape index (κ1) is 9.88. The minimum absolute atomic E-state index is 0.478. The molecule has 0 aliphatic heterocycles. The Morgan fingerprint density at radius 1 is 1.70 bits per heavy atom. The van der Waals surface area contributed by atoms with Crippen LogP contribution >= 0.6 is 0 Å². The molecule has 60 valence electrons. The quantitative estimate of drug-likeness (QED) is 0.317. The van der Waals surface area contributed by atoms with E-state index in [1.54, 1.807) is 0 Å². The molecular formula is C7H18N2Si. The van der Waals surface area contributed by atoms with Gasteiger partial charge in [0, 0.05) is 23.0 Å². The van der Waals surface area contributed by atoms with Gasteiger partial charge < -0.3 is 5.32 Å². The molecule has 0 fully saturated rings. The second-order valence-corrected chi connectivity index (χ2v) is 3.84. The zero-order valence-corrected chi connectivity index (χ0v) is 9.20. The van der Waals surface area contributed by atoms with Gasteiger partial charge in [0.1, 0.15) is 0 Å².